The lowest BCUT2D eigenvalue weighted by Crippen LogP contribution is -2.26. The molecule has 0 amide bonds. The molecule has 0 radical (unpaired) electrons. The Morgan fingerprint density at radius 3 is 2.36 bits per heavy atom. The van der Waals surface area contributed by atoms with Crippen LogP contribution in [0, 0.1) is 11.3 Å². The lowest BCUT2D eigenvalue weighted by Gasteiger charge is -2.21. The van der Waals surface area contributed by atoms with Gasteiger partial charge in [0.1, 0.15) is 0 Å². The molecule has 1 atom stereocenters. The van der Waals surface area contributed by atoms with E-state index in [-0.39, 0.29) is 11.3 Å². The van der Waals surface area contributed by atoms with E-state index in [1.807, 2.05) is 22.6 Å². The second-order valence-electron chi connectivity index (χ2n) is 3.65. The van der Waals surface area contributed by atoms with Gasteiger partial charge in [0.25, 0.3) is 0 Å². The van der Waals surface area contributed by atoms with Crippen molar-refractivity contribution in [2.75, 3.05) is 13.1 Å². The van der Waals surface area contributed by atoms with Crippen LogP contribution in [0.2, 0.25) is 0 Å². The van der Waals surface area contributed by atoms with Crippen molar-refractivity contribution in [3.8, 4) is 0 Å². The summed E-state index contributed by atoms with van der Waals surface area (Å²) in [5, 5.41) is 0. The van der Waals surface area contributed by atoms with Gasteiger partial charge in [-0.1, -0.05) is 13.8 Å². The Morgan fingerprint density at radius 2 is 2.18 bits per heavy atom. The van der Waals surface area contributed by atoms with Crippen molar-refractivity contribution in [3.05, 3.63) is 0 Å². The molecule has 64 valence electrons. The maximum Gasteiger partial charge on any atom is 0.197 e. The minimum atomic E-state index is 0.166. The third-order valence-electron chi connectivity index (χ3n) is 2.18. The molecule has 0 aromatic rings. The van der Waals surface area contributed by atoms with E-state index in [0.29, 0.717) is 3.79 Å². The number of halogens is 2. The van der Waals surface area contributed by atoms with Gasteiger partial charge in [0.2, 0.25) is 0 Å². The highest BCUT2D eigenvalue weighted by atomic mass is 127. The van der Waals surface area contributed by atoms with Gasteiger partial charge >= 0.3 is 0 Å². The maximum atomic E-state index is 11.2. The smallest absolute Gasteiger partial charge is 0.197 e. The summed E-state index contributed by atoms with van der Waals surface area (Å²) in [7, 11) is 0. The van der Waals surface area contributed by atoms with E-state index in [1.165, 1.54) is 0 Å². The van der Waals surface area contributed by atoms with Gasteiger partial charge in [0.15, 0.2) is 3.79 Å². The van der Waals surface area contributed by atoms with Gasteiger partial charge in [-0.3, -0.25) is 4.79 Å². The summed E-state index contributed by atoms with van der Waals surface area (Å²) in [6.07, 6.45) is 0. The third kappa shape index (κ3) is 2.27. The summed E-state index contributed by atoms with van der Waals surface area (Å²) >= 11 is 4.19. The topological polar surface area (TPSA) is 20.3 Å². The average molecular weight is 379 g/mol. The molecular weight excluding hydrogens is 368 g/mol. The summed E-state index contributed by atoms with van der Waals surface area (Å²) < 4.78 is 2.49. The molecule has 2 nitrogen and oxygen atoms in total. The predicted octanol–water partition coefficient (Wildman–Crippen LogP) is 2.26. The molecule has 1 aliphatic heterocycles. The summed E-state index contributed by atoms with van der Waals surface area (Å²) in [6.45, 7) is 6.25. The van der Waals surface area contributed by atoms with Gasteiger partial charge in [-0.15, -0.1) is 0 Å². The third-order valence-corrected chi connectivity index (χ3v) is 3.66. The van der Waals surface area contributed by atoms with Crippen molar-refractivity contribution >= 4 is 49.2 Å². The van der Waals surface area contributed by atoms with E-state index in [4.69, 9.17) is 0 Å². The van der Waals surface area contributed by atoms with Crippen LogP contribution in [-0.2, 0) is 4.79 Å². The summed E-state index contributed by atoms with van der Waals surface area (Å²) in [5.74, 6) is 0.222. The van der Waals surface area contributed by atoms with Gasteiger partial charge in [-0.2, -0.15) is 0 Å². The molecular formula is C7H11I2NO. The molecule has 1 aliphatic rings. The van der Waals surface area contributed by atoms with Gasteiger partial charge < -0.3 is 0 Å². The van der Waals surface area contributed by atoms with Crippen molar-refractivity contribution < 1.29 is 4.79 Å². The molecule has 1 saturated heterocycles. The number of hydrogen-bond donors (Lipinski definition) is 0. The molecule has 0 unspecified atom stereocenters. The largest absolute Gasteiger partial charge is 0.287 e. The van der Waals surface area contributed by atoms with Gasteiger partial charge in [0.05, 0.1) is 0 Å². The van der Waals surface area contributed by atoms with Crippen LogP contribution in [0.5, 0.6) is 0 Å². The molecule has 1 rings (SSSR count). The first-order valence-corrected chi connectivity index (χ1v) is 5.58. The number of rotatable bonds is 1. The lowest BCUT2D eigenvalue weighted by molar-refractivity contribution is -0.114. The SMILES string of the molecule is CC1(C)CN(I)C[C@H]1C(=O)I. The average Bonchev–Trinajstić information content (AvgIpc) is 2.04. The molecule has 1 fully saturated rings. The van der Waals surface area contributed by atoms with Crippen molar-refractivity contribution in [3.63, 3.8) is 0 Å². The molecule has 0 N–H and O–H groups in total. The Balaban J connectivity index is 2.74. The van der Waals surface area contributed by atoms with Crippen LogP contribution in [0.25, 0.3) is 0 Å². The Bertz CT molecular complexity index is 181. The fraction of sp³-hybridized carbons (Fsp3) is 0.857. The highest BCUT2D eigenvalue weighted by Crippen LogP contribution is 2.38. The van der Waals surface area contributed by atoms with Crippen LogP contribution in [-0.4, -0.2) is 20.0 Å². The van der Waals surface area contributed by atoms with Crippen LogP contribution >= 0.6 is 45.5 Å². The van der Waals surface area contributed by atoms with Crippen molar-refractivity contribution in [2.45, 2.75) is 13.8 Å². The second kappa shape index (κ2) is 3.45. The lowest BCUT2D eigenvalue weighted by atomic mass is 9.83. The fourth-order valence-electron chi connectivity index (χ4n) is 1.44. The summed E-state index contributed by atoms with van der Waals surface area (Å²) in [6, 6.07) is 0. The number of nitrogens with zero attached hydrogens (tertiary/aromatic N) is 1. The normalized spacial score (nSPS) is 30.7. The highest BCUT2D eigenvalue weighted by molar-refractivity contribution is 14.1. The van der Waals surface area contributed by atoms with Crippen LogP contribution in [0.3, 0.4) is 0 Å². The first kappa shape index (κ1) is 10.2. The van der Waals surface area contributed by atoms with E-state index in [2.05, 4.69) is 39.8 Å². The van der Waals surface area contributed by atoms with Crippen LogP contribution in [0.4, 0.5) is 0 Å². The molecule has 0 spiro atoms. The highest BCUT2D eigenvalue weighted by Gasteiger charge is 2.41. The zero-order valence-electron chi connectivity index (χ0n) is 6.60. The molecule has 11 heavy (non-hydrogen) atoms. The fourth-order valence-corrected chi connectivity index (χ4v) is 3.75. The molecule has 4 heteroatoms. The quantitative estimate of drug-likeness (QED) is 0.396. The molecule has 0 aliphatic carbocycles. The van der Waals surface area contributed by atoms with E-state index >= 15 is 0 Å². The van der Waals surface area contributed by atoms with Crippen molar-refractivity contribution in [2.24, 2.45) is 11.3 Å². The first-order chi connectivity index (χ1) is 4.93. The predicted molar refractivity (Wildman–Crippen MR) is 61.9 cm³/mol. The summed E-state index contributed by atoms with van der Waals surface area (Å²) in [5.41, 5.74) is 0.166. The number of hydrogen-bond acceptors (Lipinski definition) is 2. The van der Waals surface area contributed by atoms with Crippen LogP contribution in [0.1, 0.15) is 13.8 Å². The minimum absolute atomic E-state index is 0.166. The molecule has 0 aromatic heterocycles. The molecule has 0 aromatic carbocycles. The molecule has 0 bridgehead atoms. The minimum Gasteiger partial charge on any atom is -0.287 e. The van der Waals surface area contributed by atoms with Crippen LogP contribution < -0.4 is 0 Å². The van der Waals surface area contributed by atoms with Gasteiger partial charge in [-0.05, 0) is 28.0 Å². The van der Waals surface area contributed by atoms with Gasteiger partial charge in [0, 0.05) is 41.9 Å². The van der Waals surface area contributed by atoms with Crippen LogP contribution in [0.15, 0.2) is 0 Å². The Hall–Kier alpha value is 1.09. The Morgan fingerprint density at radius 1 is 1.64 bits per heavy atom. The Kier molecular flexibility index (Phi) is 3.19. The monoisotopic (exact) mass is 379 g/mol. The first-order valence-electron chi connectivity index (χ1n) is 3.53. The molecule has 0 saturated carbocycles. The standard InChI is InChI=1S/C7H11I2NO/c1-7(2)4-10(9)3-5(7)6(8)11/h5H,3-4H2,1-2H3/t5-/m0/s1. The van der Waals surface area contributed by atoms with E-state index in [1.54, 1.807) is 0 Å². The van der Waals surface area contributed by atoms with Gasteiger partial charge in [-0.25, -0.2) is 3.11 Å². The zero-order chi connectivity index (χ0) is 8.65. The number of carbonyl (C=O) groups excluding carboxylic acids is 1. The zero-order valence-corrected chi connectivity index (χ0v) is 10.9. The van der Waals surface area contributed by atoms with Crippen molar-refractivity contribution in [1.29, 1.82) is 0 Å². The van der Waals surface area contributed by atoms with E-state index in [0.717, 1.165) is 13.1 Å². The van der Waals surface area contributed by atoms with Crippen molar-refractivity contribution in [1.82, 2.24) is 3.11 Å². The van der Waals surface area contributed by atoms with E-state index < -0.39 is 0 Å². The second-order valence-corrected chi connectivity index (χ2v) is 6.08. The molecule has 1 heterocycles. The summed E-state index contributed by atoms with van der Waals surface area (Å²) in [4.78, 5) is 11.2. The number of carbonyl (C=O) groups is 1. The van der Waals surface area contributed by atoms with E-state index in [9.17, 15) is 4.79 Å². The maximum absolute atomic E-state index is 11.2. The Labute approximate surface area is 94.7 Å².